The number of amidine groups is 2. The van der Waals surface area contributed by atoms with Crippen LogP contribution in [0.4, 0.5) is 8.78 Å². The van der Waals surface area contributed by atoms with Crippen LogP contribution in [0.1, 0.15) is 24.0 Å². The summed E-state index contributed by atoms with van der Waals surface area (Å²) in [5, 5.41) is 28.5. The number of nitrogens with one attached hydrogen (secondary N) is 2. The molecule has 0 spiro atoms. The average Bonchev–Trinajstić information content (AvgIpc) is 3.43. The number of rotatable bonds is 10. The van der Waals surface area contributed by atoms with E-state index in [1.807, 2.05) is 18.0 Å². The number of phenolic OH excluding ortho intramolecular Hbond substituents is 1. The molecular weight excluding hydrogens is 576 g/mol. The number of hydrazine groups is 1. The largest absolute Gasteiger partial charge is 0.504 e. The van der Waals surface area contributed by atoms with Gasteiger partial charge in [0.05, 0.1) is 13.1 Å². The van der Waals surface area contributed by atoms with E-state index in [-0.39, 0.29) is 46.6 Å². The van der Waals surface area contributed by atoms with Crippen molar-refractivity contribution < 1.29 is 33.3 Å². The van der Waals surface area contributed by atoms with E-state index in [0.717, 1.165) is 23.0 Å². The second-order valence-electron chi connectivity index (χ2n) is 10.7. The zero-order valence-electron chi connectivity index (χ0n) is 24.4. The summed E-state index contributed by atoms with van der Waals surface area (Å²) in [4.78, 5) is 19.4. The second kappa shape index (κ2) is 12.9. The van der Waals surface area contributed by atoms with Gasteiger partial charge in [-0.2, -0.15) is 0 Å². The third-order valence-electron chi connectivity index (χ3n) is 7.82. The highest BCUT2D eigenvalue weighted by Gasteiger charge is 2.43. The number of halogens is 2. The Morgan fingerprint density at radius 2 is 1.93 bits per heavy atom. The Balaban J connectivity index is 1.54. The number of carboxylic acids is 1. The number of hydrogen-bond donors (Lipinski definition) is 5. The molecule has 14 heteroatoms. The molecule has 12 nitrogen and oxygen atoms in total. The van der Waals surface area contributed by atoms with Gasteiger partial charge in [-0.15, -0.1) is 0 Å². The summed E-state index contributed by atoms with van der Waals surface area (Å²) in [5.74, 6) is -3.59. The zero-order valence-corrected chi connectivity index (χ0v) is 24.4. The Bertz CT molecular complexity index is 1540. The number of phenols is 1. The first kappa shape index (κ1) is 30.8. The Morgan fingerprint density at radius 1 is 1.18 bits per heavy atom. The van der Waals surface area contributed by atoms with Crippen LogP contribution in [0.15, 0.2) is 70.6 Å². The summed E-state index contributed by atoms with van der Waals surface area (Å²) in [6, 6.07) is 10.9. The van der Waals surface area contributed by atoms with Crippen molar-refractivity contribution in [2.75, 3.05) is 46.8 Å². The molecule has 3 aliphatic rings. The number of likely N-dealkylation sites (N-methyl/N-ethyl adjacent to an activating group) is 1. The molecule has 1 atom stereocenters. The average molecular weight is 612 g/mol. The van der Waals surface area contributed by atoms with Crippen molar-refractivity contribution in [3.8, 4) is 17.2 Å². The van der Waals surface area contributed by atoms with Gasteiger partial charge in [-0.3, -0.25) is 20.1 Å². The van der Waals surface area contributed by atoms with Crippen LogP contribution in [0, 0.1) is 11.3 Å². The van der Waals surface area contributed by atoms with E-state index in [2.05, 4.69) is 10.4 Å². The number of allylic oxidation sites excluding steroid dienone is 2. The van der Waals surface area contributed by atoms with Crippen LogP contribution in [-0.2, 0) is 4.79 Å². The van der Waals surface area contributed by atoms with Gasteiger partial charge in [-0.25, -0.2) is 19.2 Å². The Morgan fingerprint density at radius 3 is 2.57 bits per heavy atom. The number of nitrogen functional groups attached to an aromatic ring is 1. The van der Waals surface area contributed by atoms with Crippen molar-refractivity contribution >= 4 is 17.6 Å². The number of likely N-dealkylation sites (tertiary alicyclic amines) is 1. The molecule has 0 saturated carbocycles. The lowest BCUT2D eigenvalue weighted by molar-refractivity contribution is -0.138. The third-order valence-corrected chi connectivity index (χ3v) is 7.82. The van der Waals surface area contributed by atoms with Gasteiger partial charge in [-0.05, 0) is 62.2 Å². The molecule has 0 amide bonds. The van der Waals surface area contributed by atoms with E-state index in [1.54, 1.807) is 23.1 Å². The zero-order chi connectivity index (χ0) is 31.5. The summed E-state index contributed by atoms with van der Waals surface area (Å²) < 4.78 is 45.0. The molecule has 0 radical (unpaired) electrons. The van der Waals surface area contributed by atoms with E-state index in [9.17, 15) is 15.0 Å². The fraction of sp³-hybridized carbons (Fsp3) is 0.367. The molecule has 1 unspecified atom stereocenters. The third kappa shape index (κ3) is 6.31. The molecule has 2 aromatic rings. The maximum atomic E-state index is 16.5. The highest BCUT2D eigenvalue weighted by molar-refractivity contribution is 6.00. The first-order valence-corrected chi connectivity index (χ1v) is 14.2. The van der Waals surface area contributed by atoms with Crippen LogP contribution in [0.25, 0.3) is 0 Å². The Kier molecular flexibility index (Phi) is 9.01. The van der Waals surface area contributed by atoms with E-state index >= 15 is 8.78 Å². The number of ether oxygens (including phenoxy) is 2. The molecule has 0 bridgehead atoms. The minimum Gasteiger partial charge on any atom is -0.504 e. The van der Waals surface area contributed by atoms with Crippen LogP contribution in [0.3, 0.4) is 0 Å². The lowest BCUT2D eigenvalue weighted by atomic mass is 9.86. The number of nitrogens with zero attached hydrogens (tertiary/aromatic N) is 4. The van der Waals surface area contributed by atoms with Crippen LogP contribution in [-0.4, -0.2) is 95.7 Å². The number of carboxylic acid groups (broad SMARTS) is 1. The summed E-state index contributed by atoms with van der Waals surface area (Å²) in [6.07, 6.45) is -1.02. The molecule has 0 aliphatic carbocycles. The minimum atomic E-state index is -1.62. The highest BCUT2D eigenvalue weighted by atomic mass is 19.1. The molecule has 3 aliphatic heterocycles. The van der Waals surface area contributed by atoms with E-state index in [4.69, 9.17) is 20.6 Å². The summed E-state index contributed by atoms with van der Waals surface area (Å²) in [5.41, 5.74) is 9.11. The van der Waals surface area contributed by atoms with Crippen molar-refractivity contribution in [2.45, 2.75) is 19.1 Å². The van der Waals surface area contributed by atoms with Crippen molar-refractivity contribution in [3.05, 3.63) is 76.7 Å². The van der Waals surface area contributed by atoms with Crippen molar-refractivity contribution in [1.82, 2.24) is 20.2 Å². The molecule has 234 valence electrons. The van der Waals surface area contributed by atoms with E-state index < -0.39 is 29.8 Å². The SMILES string of the molecule is CNN1C(Oc2cccc(C3=NCCN3C)c2)=C(F)C(C2CCN(CC(=O)O)CC2)=C(F)C1Oc1cc(C(=N)N)ccc1O. The number of carbonyl (C=O) groups is 1. The molecular formula is C30H35F2N7O5. The fourth-order valence-electron chi connectivity index (χ4n) is 5.59. The highest BCUT2D eigenvalue weighted by Crippen LogP contribution is 2.42. The monoisotopic (exact) mass is 611 g/mol. The second-order valence-corrected chi connectivity index (χ2v) is 10.7. The van der Waals surface area contributed by atoms with Gasteiger partial charge < -0.3 is 30.3 Å². The smallest absolute Gasteiger partial charge is 0.317 e. The van der Waals surface area contributed by atoms with Gasteiger partial charge >= 0.3 is 5.97 Å². The van der Waals surface area contributed by atoms with E-state index in [1.165, 1.54) is 25.2 Å². The standard InChI is InChI=1S/C30H35F2N7O5/c1-35-39-29(43-20-5-3-4-19(14-20)28-36-10-13-37(28)2)25(31)24(17-8-11-38(12-9-17)16-23(41)42)26(32)30(39)44-22-15-18(27(33)34)6-7-21(22)40/h3-7,14-15,17,30,35,40H,8-13,16H2,1-2H3,(H3,33,34)(H,41,42). The lowest BCUT2D eigenvalue weighted by Crippen LogP contribution is -2.51. The molecule has 3 heterocycles. The topological polar surface area (TPSA) is 160 Å². The van der Waals surface area contributed by atoms with Crippen molar-refractivity contribution in [3.63, 3.8) is 0 Å². The number of piperidine rings is 1. The predicted molar refractivity (Wildman–Crippen MR) is 159 cm³/mol. The molecule has 2 aromatic carbocycles. The van der Waals surface area contributed by atoms with Crippen molar-refractivity contribution in [2.24, 2.45) is 16.6 Å². The molecule has 0 aromatic heterocycles. The maximum absolute atomic E-state index is 16.5. The van der Waals surface area contributed by atoms with E-state index in [0.29, 0.717) is 32.5 Å². The molecule has 44 heavy (non-hydrogen) atoms. The Labute approximate surface area is 253 Å². The van der Waals surface area contributed by atoms with Crippen LogP contribution >= 0.6 is 0 Å². The van der Waals surface area contributed by atoms with Gasteiger partial charge in [0, 0.05) is 37.3 Å². The first-order valence-electron chi connectivity index (χ1n) is 14.2. The Hall–Kier alpha value is -4.69. The van der Waals surface area contributed by atoms with Gasteiger partial charge in [0.25, 0.3) is 5.88 Å². The summed E-state index contributed by atoms with van der Waals surface area (Å²) in [7, 11) is 3.37. The number of benzene rings is 2. The van der Waals surface area contributed by atoms with Crippen molar-refractivity contribution in [1.29, 1.82) is 5.41 Å². The first-order chi connectivity index (χ1) is 21.1. The number of aliphatic carboxylic acids is 1. The number of aliphatic imine (C=N–C) groups is 1. The van der Waals surface area contributed by atoms with Crippen LogP contribution < -0.4 is 20.6 Å². The lowest BCUT2D eigenvalue weighted by Gasteiger charge is -2.39. The van der Waals surface area contributed by atoms with Gasteiger partial charge in [0.2, 0.25) is 6.23 Å². The molecule has 1 fully saturated rings. The normalized spacial score (nSPS) is 19.8. The number of aromatic hydroxyl groups is 1. The minimum absolute atomic E-state index is 0.164. The van der Waals surface area contributed by atoms with Gasteiger partial charge in [0.1, 0.15) is 17.4 Å². The fourth-order valence-corrected chi connectivity index (χ4v) is 5.59. The predicted octanol–water partition coefficient (Wildman–Crippen LogP) is 2.76. The van der Waals surface area contributed by atoms with Gasteiger partial charge in [0.15, 0.2) is 23.2 Å². The number of hydrogen-bond acceptors (Lipinski definition) is 10. The van der Waals surface area contributed by atoms with Gasteiger partial charge in [-0.1, -0.05) is 12.1 Å². The molecule has 5 rings (SSSR count). The molecule has 6 N–H and O–H groups in total. The maximum Gasteiger partial charge on any atom is 0.317 e. The molecule has 1 saturated heterocycles. The van der Waals surface area contributed by atoms with Crippen LogP contribution in [0.5, 0.6) is 17.2 Å². The summed E-state index contributed by atoms with van der Waals surface area (Å²) >= 11 is 0. The summed E-state index contributed by atoms with van der Waals surface area (Å²) in [6.45, 7) is 1.92. The number of nitrogens with two attached hydrogens (primary N) is 1. The quantitative estimate of drug-likeness (QED) is 0.200. The van der Waals surface area contributed by atoms with Crippen LogP contribution in [0.2, 0.25) is 0 Å².